The normalized spacial score (nSPS) is 18.3. The first kappa shape index (κ1) is 27.0. The Morgan fingerprint density at radius 2 is 1.90 bits per heavy atom. The maximum absolute atomic E-state index is 13.9. The number of methoxy groups -OCH3 is 1. The van der Waals surface area contributed by atoms with Crippen LogP contribution in [0.25, 0.3) is 0 Å². The van der Waals surface area contributed by atoms with E-state index in [0.717, 1.165) is 16.9 Å². The van der Waals surface area contributed by atoms with Crippen molar-refractivity contribution in [3.05, 3.63) is 82.4 Å². The topological polar surface area (TPSA) is 124 Å². The monoisotopic (exact) mass is 563 g/mol. The van der Waals surface area contributed by atoms with Gasteiger partial charge in [-0.05, 0) is 18.6 Å². The molecule has 11 nitrogen and oxygen atoms in total. The third kappa shape index (κ3) is 4.40. The van der Waals surface area contributed by atoms with E-state index in [-0.39, 0.29) is 60.2 Å². The number of nitrogens with one attached hydrogen (secondary N) is 1. The van der Waals surface area contributed by atoms with E-state index in [1.165, 1.54) is 17.4 Å². The summed E-state index contributed by atoms with van der Waals surface area (Å²) in [6, 6.07) is 13.9. The van der Waals surface area contributed by atoms with E-state index < -0.39 is 22.4 Å². The molecule has 2 aliphatic heterocycles. The molecule has 5 rings (SSSR count). The summed E-state index contributed by atoms with van der Waals surface area (Å²) >= 11 is 1.06. The number of thiazole rings is 1. The van der Waals surface area contributed by atoms with E-state index in [1.807, 2.05) is 30.3 Å². The van der Waals surface area contributed by atoms with Gasteiger partial charge in [0.2, 0.25) is 18.5 Å². The highest BCUT2D eigenvalue weighted by Crippen LogP contribution is 2.47. The second-order valence-electron chi connectivity index (χ2n) is 9.05. The summed E-state index contributed by atoms with van der Waals surface area (Å²) in [6.07, 6.45) is 0.368. The number of quaternary nitrogens is 1. The number of anilines is 2. The number of carbonyl (C=O) groups excluding carboxylic acids is 4. The number of imide groups is 1. The molecule has 0 spiro atoms. The molecule has 0 bridgehead atoms. The number of ether oxygens (including phenoxy) is 3. The Morgan fingerprint density at radius 1 is 1.12 bits per heavy atom. The van der Waals surface area contributed by atoms with Crippen LogP contribution < -0.4 is 14.7 Å². The van der Waals surface area contributed by atoms with Gasteiger partial charge < -0.3 is 14.2 Å². The third-order valence-electron chi connectivity index (χ3n) is 6.67. The van der Waals surface area contributed by atoms with E-state index >= 15 is 0 Å². The number of rotatable bonds is 8. The van der Waals surface area contributed by atoms with Crippen molar-refractivity contribution in [3.8, 4) is 0 Å². The number of nitrogens with zero attached hydrogens (tertiary/aromatic N) is 3. The Labute approximate surface area is 234 Å². The molecule has 4 amide bonds. The predicted molar refractivity (Wildman–Crippen MR) is 146 cm³/mol. The van der Waals surface area contributed by atoms with E-state index in [2.05, 4.69) is 10.3 Å². The van der Waals surface area contributed by atoms with Crippen molar-refractivity contribution in [2.75, 3.05) is 25.3 Å². The molecule has 0 saturated carbocycles. The number of esters is 1. The molecule has 3 aromatic rings. The van der Waals surface area contributed by atoms with Gasteiger partial charge in [-0.1, -0.05) is 53.9 Å². The highest BCUT2D eigenvalue weighted by atomic mass is 32.1. The number of amides is 4. The molecule has 1 atom stereocenters. The lowest BCUT2D eigenvalue weighted by atomic mass is 10.1. The van der Waals surface area contributed by atoms with Gasteiger partial charge in [-0.3, -0.25) is 10.1 Å². The van der Waals surface area contributed by atoms with E-state index in [4.69, 9.17) is 14.2 Å². The van der Waals surface area contributed by atoms with Gasteiger partial charge in [0.1, 0.15) is 12.2 Å². The second kappa shape index (κ2) is 10.9. The van der Waals surface area contributed by atoms with Crippen molar-refractivity contribution >= 4 is 51.7 Å². The van der Waals surface area contributed by atoms with Crippen LogP contribution in [0, 0.1) is 6.92 Å². The van der Waals surface area contributed by atoms with Crippen molar-refractivity contribution in [2.24, 2.45) is 0 Å². The number of aromatic nitrogens is 1. The average Bonchev–Trinajstić information content (AvgIpc) is 3.70. The van der Waals surface area contributed by atoms with Crippen molar-refractivity contribution in [1.29, 1.82) is 0 Å². The van der Waals surface area contributed by atoms with Crippen LogP contribution in [0.3, 0.4) is 0 Å². The number of aryl methyl sites for hydroxylation is 1. The Morgan fingerprint density at radius 3 is 2.58 bits per heavy atom. The number of benzene rings is 2. The number of carbonyl (C=O) groups is 4. The van der Waals surface area contributed by atoms with Gasteiger partial charge >= 0.3 is 23.8 Å². The highest BCUT2D eigenvalue weighted by molar-refractivity contribution is 7.14. The molecule has 1 saturated heterocycles. The van der Waals surface area contributed by atoms with Gasteiger partial charge in [0.25, 0.3) is 0 Å². The Hall–Kier alpha value is -4.55. The first-order chi connectivity index (χ1) is 19.3. The largest absolute Gasteiger partial charge is 0.464 e. The quantitative estimate of drug-likeness (QED) is 0.245. The minimum atomic E-state index is -0.951. The first-order valence-corrected chi connectivity index (χ1v) is 13.4. The molecular formula is C28H27N4O7S+. The van der Waals surface area contributed by atoms with Crippen LogP contribution in [0.1, 0.15) is 35.0 Å². The van der Waals surface area contributed by atoms with Crippen LogP contribution in [-0.2, 0) is 30.2 Å². The molecule has 1 unspecified atom stereocenters. The summed E-state index contributed by atoms with van der Waals surface area (Å²) in [6.45, 7) is 3.02. The zero-order valence-electron chi connectivity index (χ0n) is 22.1. The predicted octanol–water partition coefficient (Wildman–Crippen LogP) is 4.29. The number of hydrogen-bond donors (Lipinski definition) is 1. The van der Waals surface area contributed by atoms with Gasteiger partial charge in [0.05, 0.1) is 7.11 Å². The van der Waals surface area contributed by atoms with Gasteiger partial charge in [-0.15, -0.1) is 11.3 Å². The number of para-hydroxylation sites is 1. The first-order valence-electron chi connectivity index (χ1n) is 12.5. The van der Waals surface area contributed by atoms with E-state index in [1.54, 1.807) is 32.0 Å². The van der Waals surface area contributed by atoms with Crippen molar-refractivity contribution < 1.29 is 33.4 Å². The molecule has 0 radical (unpaired) electrons. The van der Waals surface area contributed by atoms with Crippen LogP contribution in [0.15, 0.2) is 65.6 Å². The van der Waals surface area contributed by atoms with Crippen molar-refractivity contribution in [3.63, 3.8) is 0 Å². The molecule has 1 fully saturated rings. The molecule has 3 heterocycles. The fourth-order valence-corrected chi connectivity index (χ4v) is 5.68. The van der Waals surface area contributed by atoms with Crippen LogP contribution >= 0.6 is 11.3 Å². The van der Waals surface area contributed by atoms with Crippen LogP contribution in [0.5, 0.6) is 0 Å². The summed E-state index contributed by atoms with van der Waals surface area (Å²) in [5.41, 5.74) is 1.97. The lowest BCUT2D eigenvalue weighted by molar-refractivity contribution is -0.125. The zero-order chi connectivity index (χ0) is 28.4. The molecule has 12 heteroatoms. The van der Waals surface area contributed by atoms with Gasteiger partial charge in [0, 0.05) is 23.8 Å². The molecule has 40 heavy (non-hydrogen) atoms. The maximum Gasteiger partial charge on any atom is 0.437 e. The lowest BCUT2D eigenvalue weighted by Crippen LogP contribution is -2.55. The van der Waals surface area contributed by atoms with Crippen LogP contribution in [0.2, 0.25) is 0 Å². The number of allylic oxidation sites excluding steroid dienone is 1. The SMILES string of the molecule is CCC(=O)N(c1nc(C(=O)OC)cs1)c1cccc(C)c1[N+]1(C2=C(Cc3ccccc3)OCO2)C(=O)CNC1=O. The standard InChI is InChI=1S/C28H26N4O7S/c1-4-22(33)31(27-30-19(15-40-27)26(35)37-3)20-12-8-9-17(2)24(20)32(23(34)14-29-28(32)36)25-21(38-16-39-25)13-18-10-6-5-7-11-18/h5-12,15H,4,13-14,16H2,1-3H3/p+1. The summed E-state index contributed by atoms with van der Waals surface area (Å²) < 4.78 is 15.6. The molecule has 0 aliphatic carbocycles. The van der Waals surface area contributed by atoms with E-state index in [9.17, 15) is 19.2 Å². The highest BCUT2D eigenvalue weighted by Gasteiger charge is 2.62. The molecule has 2 aromatic carbocycles. The zero-order valence-corrected chi connectivity index (χ0v) is 22.9. The summed E-state index contributed by atoms with van der Waals surface area (Å²) in [5.74, 6) is -1.13. The fraction of sp³-hybridized carbons (Fsp3) is 0.250. The van der Waals surface area contributed by atoms with Crippen LogP contribution in [-0.4, -0.2) is 49.2 Å². The maximum atomic E-state index is 13.9. The van der Waals surface area contributed by atoms with Gasteiger partial charge in [0.15, 0.2) is 16.5 Å². The molecule has 2 aliphatic rings. The molecule has 206 valence electrons. The average molecular weight is 564 g/mol. The fourth-order valence-electron chi connectivity index (χ4n) is 4.85. The summed E-state index contributed by atoms with van der Waals surface area (Å²) in [4.78, 5) is 58.9. The van der Waals surface area contributed by atoms with Crippen molar-refractivity contribution in [1.82, 2.24) is 14.8 Å². The molecule has 1 N–H and O–H groups in total. The van der Waals surface area contributed by atoms with Gasteiger partial charge in [-0.25, -0.2) is 24.3 Å². The van der Waals surface area contributed by atoms with Crippen molar-refractivity contribution in [2.45, 2.75) is 26.7 Å². The number of urea groups is 1. The summed E-state index contributed by atoms with van der Waals surface area (Å²) in [5, 5.41) is 4.33. The second-order valence-corrected chi connectivity index (χ2v) is 9.89. The molecule has 1 aromatic heterocycles. The lowest BCUT2D eigenvalue weighted by Gasteiger charge is -2.31. The van der Waals surface area contributed by atoms with Crippen LogP contribution in [0.4, 0.5) is 21.3 Å². The number of hydrogen-bond acceptors (Lipinski definition) is 9. The Bertz CT molecular complexity index is 1520. The van der Waals surface area contributed by atoms with E-state index in [0.29, 0.717) is 11.3 Å². The third-order valence-corrected chi connectivity index (χ3v) is 7.50. The minimum absolute atomic E-state index is 0.0323. The Balaban J connectivity index is 1.75. The molecular weight excluding hydrogens is 536 g/mol. The van der Waals surface area contributed by atoms with Gasteiger partial charge in [-0.2, -0.15) is 0 Å². The minimum Gasteiger partial charge on any atom is -0.464 e. The Kier molecular flexibility index (Phi) is 7.37. The smallest absolute Gasteiger partial charge is 0.437 e. The summed E-state index contributed by atoms with van der Waals surface area (Å²) in [7, 11) is 1.24.